The molecule has 0 radical (unpaired) electrons. The van der Waals surface area contributed by atoms with Crippen molar-refractivity contribution in [3.8, 4) is 0 Å². The maximum absolute atomic E-state index is 3.63. The van der Waals surface area contributed by atoms with Crippen molar-refractivity contribution in [1.29, 1.82) is 0 Å². The van der Waals surface area contributed by atoms with Gasteiger partial charge in [0.1, 0.15) is 0 Å². The van der Waals surface area contributed by atoms with Gasteiger partial charge >= 0.3 is 0 Å². The number of benzene rings is 1. The standard InChI is InChI=1S/C15H17Br2NS/c1-3-4-18-15(12-5-10(2)19-9-12)11-6-13(16)8-14(17)7-11/h5-9,15,18H,3-4H2,1-2H3. The molecule has 0 aliphatic rings. The molecule has 0 fully saturated rings. The molecule has 0 saturated heterocycles. The van der Waals surface area contributed by atoms with Gasteiger partial charge in [-0.2, -0.15) is 0 Å². The molecule has 1 N–H and O–H groups in total. The van der Waals surface area contributed by atoms with Gasteiger partial charge in [0.15, 0.2) is 0 Å². The highest BCUT2D eigenvalue weighted by Gasteiger charge is 2.15. The van der Waals surface area contributed by atoms with E-state index in [0.717, 1.165) is 21.9 Å². The largest absolute Gasteiger partial charge is 0.306 e. The molecule has 0 aliphatic heterocycles. The van der Waals surface area contributed by atoms with Crippen molar-refractivity contribution in [2.24, 2.45) is 0 Å². The predicted molar refractivity (Wildman–Crippen MR) is 91.0 cm³/mol. The van der Waals surface area contributed by atoms with Crippen LogP contribution in [0.4, 0.5) is 0 Å². The molecule has 0 bridgehead atoms. The van der Waals surface area contributed by atoms with Gasteiger partial charge in [0.2, 0.25) is 0 Å². The predicted octanol–water partition coefficient (Wildman–Crippen LogP) is 5.67. The quantitative estimate of drug-likeness (QED) is 0.679. The average molecular weight is 403 g/mol. The Kier molecular flexibility index (Phi) is 5.63. The number of hydrogen-bond donors (Lipinski definition) is 1. The van der Waals surface area contributed by atoms with E-state index in [4.69, 9.17) is 0 Å². The molecule has 0 saturated carbocycles. The van der Waals surface area contributed by atoms with Gasteiger partial charge < -0.3 is 5.32 Å². The molecular weight excluding hydrogens is 386 g/mol. The molecule has 4 heteroatoms. The number of halogens is 2. The van der Waals surface area contributed by atoms with Crippen molar-refractivity contribution in [2.75, 3.05) is 6.54 Å². The van der Waals surface area contributed by atoms with Gasteiger partial charge in [0, 0.05) is 13.8 Å². The van der Waals surface area contributed by atoms with Crippen LogP contribution in [-0.4, -0.2) is 6.54 Å². The van der Waals surface area contributed by atoms with Gasteiger partial charge in [-0.05, 0) is 60.7 Å². The minimum absolute atomic E-state index is 0.263. The zero-order chi connectivity index (χ0) is 13.8. The van der Waals surface area contributed by atoms with Crippen LogP contribution < -0.4 is 5.32 Å². The summed E-state index contributed by atoms with van der Waals surface area (Å²) in [4.78, 5) is 1.35. The van der Waals surface area contributed by atoms with Crippen LogP contribution in [0, 0.1) is 6.92 Å². The van der Waals surface area contributed by atoms with Gasteiger partial charge in [-0.1, -0.05) is 38.8 Å². The van der Waals surface area contributed by atoms with Crippen molar-refractivity contribution in [1.82, 2.24) is 5.32 Å². The molecule has 0 aliphatic carbocycles. The Morgan fingerprint density at radius 3 is 2.32 bits per heavy atom. The molecule has 1 nitrogen and oxygen atoms in total. The molecule has 0 amide bonds. The summed E-state index contributed by atoms with van der Waals surface area (Å²) in [6.45, 7) is 5.37. The Morgan fingerprint density at radius 1 is 1.11 bits per heavy atom. The summed E-state index contributed by atoms with van der Waals surface area (Å²) >= 11 is 8.95. The van der Waals surface area contributed by atoms with Crippen molar-refractivity contribution < 1.29 is 0 Å². The summed E-state index contributed by atoms with van der Waals surface area (Å²) in [5.74, 6) is 0. The number of rotatable bonds is 5. The lowest BCUT2D eigenvalue weighted by atomic mass is 10.0. The van der Waals surface area contributed by atoms with Crippen molar-refractivity contribution in [3.63, 3.8) is 0 Å². The van der Waals surface area contributed by atoms with Crippen molar-refractivity contribution in [3.05, 3.63) is 54.6 Å². The summed E-state index contributed by atoms with van der Waals surface area (Å²) in [6, 6.07) is 8.97. The van der Waals surface area contributed by atoms with E-state index in [1.165, 1.54) is 16.0 Å². The maximum Gasteiger partial charge on any atom is 0.0585 e. The van der Waals surface area contributed by atoms with E-state index in [9.17, 15) is 0 Å². The SMILES string of the molecule is CCCNC(c1cc(Br)cc(Br)c1)c1csc(C)c1. The van der Waals surface area contributed by atoms with E-state index < -0.39 is 0 Å². The number of aryl methyl sites for hydroxylation is 1. The minimum Gasteiger partial charge on any atom is -0.306 e. The van der Waals surface area contributed by atoms with Crippen LogP contribution in [0.2, 0.25) is 0 Å². The maximum atomic E-state index is 3.63. The molecule has 2 aromatic rings. The molecule has 19 heavy (non-hydrogen) atoms. The van der Waals surface area contributed by atoms with Crippen LogP contribution in [0.1, 0.15) is 35.4 Å². The summed E-state index contributed by atoms with van der Waals surface area (Å²) in [5.41, 5.74) is 2.63. The lowest BCUT2D eigenvalue weighted by Gasteiger charge is -2.19. The fourth-order valence-corrected chi connectivity index (χ4v) is 4.13. The van der Waals surface area contributed by atoms with E-state index in [1.807, 2.05) is 0 Å². The summed E-state index contributed by atoms with van der Waals surface area (Å²) in [6.07, 6.45) is 1.13. The van der Waals surface area contributed by atoms with Gasteiger partial charge in [-0.15, -0.1) is 11.3 Å². The van der Waals surface area contributed by atoms with E-state index in [1.54, 1.807) is 11.3 Å². The normalized spacial score (nSPS) is 12.6. The molecule has 102 valence electrons. The van der Waals surface area contributed by atoms with E-state index in [2.05, 4.69) is 80.7 Å². The monoisotopic (exact) mass is 401 g/mol. The smallest absolute Gasteiger partial charge is 0.0585 e. The zero-order valence-corrected chi connectivity index (χ0v) is 15.0. The Labute approximate surface area is 135 Å². The molecular formula is C15H17Br2NS. The van der Waals surface area contributed by atoms with Crippen molar-refractivity contribution in [2.45, 2.75) is 26.3 Å². The molecule has 1 aromatic carbocycles. The zero-order valence-electron chi connectivity index (χ0n) is 11.0. The second kappa shape index (κ2) is 7.02. The van der Waals surface area contributed by atoms with Gasteiger partial charge in [0.25, 0.3) is 0 Å². The highest BCUT2D eigenvalue weighted by molar-refractivity contribution is 9.11. The fourth-order valence-electron chi connectivity index (χ4n) is 2.07. The van der Waals surface area contributed by atoms with Crippen LogP contribution in [0.25, 0.3) is 0 Å². The van der Waals surface area contributed by atoms with E-state index in [-0.39, 0.29) is 6.04 Å². The third-order valence-corrected chi connectivity index (χ3v) is 4.70. The molecule has 1 unspecified atom stereocenters. The first-order valence-corrected chi connectivity index (χ1v) is 8.81. The summed E-state index contributed by atoms with van der Waals surface area (Å²) < 4.78 is 2.21. The summed E-state index contributed by atoms with van der Waals surface area (Å²) in [5, 5.41) is 5.88. The number of nitrogens with one attached hydrogen (secondary N) is 1. The summed E-state index contributed by atoms with van der Waals surface area (Å²) in [7, 11) is 0. The highest BCUT2D eigenvalue weighted by atomic mass is 79.9. The number of hydrogen-bond acceptors (Lipinski definition) is 2. The van der Waals surface area contributed by atoms with Gasteiger partial charge in [-0.25, -0.2) is 0 Å². The van der Waals surface area contributed by atoms with E-state index in [0.29, 0.717) is 0 Å². The van der Waals surface area contributed by atoms with Crippen LogP contribution in [0.3, 0.4) is 0 Å². The van der Waals surface area contributed by atoms with Gasteiger partial charge in [-0.3, -0.25) is 0 Å². The average Bonchev–Trinajstić information content (AvgIpc) is 2.75. The number of thiophene rings is 1. The molecule has 1 atom stereocenters. The van der Waals surface area contributed by atoms with Crippen LogP contribution in [0.5, 0.6) is 0 Å². The van der Waals surface area contributed by atoms with E-state index >= 15 is 0 Å². The van der Waals surface area contributed by atoms with Gasteiger partial charge in [0.05, 0.1) is 6.04 Å². The highest BCUT2D eigenvalue weighted by Crippen LogP contribution is 2.30. The molecule has 1 heterocycles. The Bertz CT molecular complexity index is 531. The second-order valence-electron chi connectivity index (χ2n) is 4.58. The topological polar surface area (TPSA) is 12.0 Å². The third-order valence-electron chi connectivity index (χ3n) is 2.90. The van der Waals surface area contributed by atoms with Crippen LogP contribution in [0.15, 0.2) is 38.6 Å². The Balaban J connectivity index is 2.36. The molecule has 1 aromatic heterocycles. The minimum atomic E-state index is 0.263. The fraction of sp³-hybridized carbons (Fsp3) is 0.333. The third kappa shape index (κ3) is 4.15. The van der Waals surface area contributed by atoms with Crippen molar-refractivity contribution >= 4 is 43.2 Å². The second-order valence-corrected chi connectivity index (χ2v) is 7.53. The first kappa shape index (κ1) is 15.2. The van der Waals surface area contributed by atoms with Crippen LogP contribution in [-0.2, 0) is 0 Å². The molecule has 0 spiro atoms. The van der Waals surface area contributed by atoms with Crippen LogP contribution >= 0.6 is 43.2 Å². The first-order chi connectivity index (χ1) is 9.10. The lowest BCUT2D eigenvalue weighted by molar-refractivity contribution is 0.599. The Hall–Kier alpha value is -0.160. The first-order valence-electron chi connectivity index (χ1n) is 6.34. The Morgan fingerprint density at radius 2 is 1.79 bits per heavy atom. The lowest BCUT2D eigenvalue weighted by Crippen LogP contribution is -2.22. The molecule has 2 rings (SSSR count).